The van der Waals surface area contributed by atoms with Crippen LogP contribution in [-0.2, 0) is 22.9 Å². The van der Waals surface area contributed by atoms with Gasteiger partial charge in [-0.25, -0.2) is 8.42 Å². The molecule has 0 fully saturated rings. The Bertz CT molecular complexity index is 971. The number of nitro groups is 1. The fraction of sp³-hybridized carbons (Fsp3) is 0.278. The molecular formula is C18H22N4O4S. The molecule has 0 aliphatic heterocycles. The third-order valence-electron chi connectivity index (χ3n) is 3.96. The van der Waals surface area contributed by atoms with E-state index in [2.05, 4.69) is 15.6 Å². The van der Waals surface area contributed by atoms with Gasteiger partial charge in [-0.3, -0.25) is 15.1 Å². The molecule has 2 aromatic carbocycles. The maximum atomic E-state index is 11.7. The molecule has 0 aliphatic carbocycles. The smallest absolute Gasteiger partial charge is 0.274 e. The normalized spacial score (nSPS) is 11.9. The van der Waals surface area contributed by atoms with E-state index in [1.807, 2.05) is 0 Å². The SMILES string of the molecule is CN=C(NCc1ccc(S(C)(=O)=O)c(C)c1)NCc1ccccc1[N+](=O)[O-]. The summed E-state index contributed by atoms with van der Waals surface area (Å²) in [5.41, 5.74) is 2.18. The van der Waals surface area contributed by atoms with Gasteiger partial charge >= 0.3 is 0 Å². The van der Waals surface area contributed by atoms with Crippen LogP contribution in [0.15, 0.2) is 52.4 Å². The van der Waals surface area contributed by atoms with Crippen LogP contribution in [0, 0.1) is 17.0 Å². The van der Waals surface area contributed by atoms with Crippen LogP contribution in [0.5, 0.6) is 0 Å². The van der Waals surface area contributed by atoms with Crippen molar-refractivity contribution in [3.05, 3.63) is 69.3 Å². The number of aliphatic imine (C=N–C) groups is 1. The Hall–Kier alpha value is -2.94. The van der Waals surface area contributed by atoms with Crippen molar-refractivity contribution in [3.8, 4) is 0 Å². The molecule has 2 N–H and O–H groups in total. The Morgan fingerprint density at radius 1 is 1.15 bits per heavy atom. The van der Waals surface area contributed by atoms with Gasteiger partial charge in [0.2, 0.25) is 0 Å². The van der Waals surface area contributed by atoms with Gasteiger partial charge in [0, 0.05) is 38.0 Å². The highest BCUT2D eigenvalue weighted by atomic mass is 32.2. The zero-order valence-corrected chi connectivity index (χ0v) is 16.2. The van der Waals surface area contributed by atoms with Crippen LogP contribution in [0.1, 0.15) is 16.7 Å². The number of rotatable bonds is 6. The van der Waals surface area contributed by atoms with Crippen molar-refractivity contribution in [2.75, 3.05) is 13.3 Å². The first-order valence-corrected chi connectivity index (χ1v) is 10.1. The average Bonchev–Trinajstić information content (AvgIpc) is 2.61. The van der Waals surface area contributed by atoms with Gasteiger partial charge < -0.3 is 10.6 Å². The van der Waals surface area contributed by atoms with Crippen LogP contribution in [0.4, 0.5) is 5.69 Å². The largest absolute Gasteiger partial charge is 0.352 e. The lowest BCUT2D eigenvalue weighted by Gasteiger charge is -2.13. The molecule has 0 heterocycles. The quantitative estimate of drug-likeness (QED) is 0.338. The third kappa shape index (κ3) is 5.52. The number of hydrogen-bond donors (Lipinski definition) is 2. The lowest BCUT2D eigenvalue weighted by atomic mass is 10.1. The molecule has 0 radical (unpaired) electrons. The minimum absolute atomic E-state index is 0.0486. The van der Waals surface area contributed by atoms with Crippen LogP contribution >= 0.6 is 0 Å². The van der Waals surface area contributed by atoms with Crippen LogP contribution in [0.2, 0.25) is 0 Å². The van der Waals surface area contributed by atoms with Gasteiger partial charge in [-0.15, -0.1) is 0 Å². The molecule has 8 nitrogen and oxygen atoms in total. The highest BCUT2D eigenvalue weighted by molar-refractivity contribution is 7.90. The van der Waals surface area contributed by atoms with E-state index in [0.29, 0.717) is 28.5 Å². The molecule has 0 spiro atoms. The molecule has 144 valence electrons. The van der Waals surface area contributed by atoms with E-state index < -0.39 is 14.8 Å². The average molecular weight is 390 g/mol. The van der Waals surface area contributed by atoms with E-state index in [0.717, 1.165) is 5.56 Å². The van der Waals surface area contributed by atoms with Gasteiger partial charge in [0.25, 0.3) is 5.69 Å². The molecule has 27 heavy (non-hydrogen) atoms. The van der Waals surface area contributed by atoms with Crippen molar-refractivity contribution in [2.24, 2.45) is 4.99 Å². The van der Waals surface area contributed by atoms with Gasteiger partial charge in [0.1, 0.15) is 0 Å². The number of benzene rings is 2. The number of para-hydroxylation sites is 1. The summed E-state index contributed by atoms with van der Waals surface area (Å²) in [5.74, 6) is 0.484. The summed E-state index contributed by atoms with van der Waals surface area (Å²) in [7, 11) is -1.64. The van der Waals surface area contributed by atoms with E-state index in [4.69, 9.17) is 0 Å². The summed E-state index contributed by atoms with van der Waals surface area (Å²) in [5, 5.41) is 17.2. The van der Waals surface area contributed by atoms with E-state index >= 15 is 0 Å². The minimum atomic E-state index is -3.25. The lowest BCUT2D eigenvalue weighted by molar-refractivity contribution is -0.385. The Labute approximate surface area is 158 Å². The molecule has 0 atom stereocenters. The summed E-state index contributed by atoms with van der Waals surface area (Å²) in [6, 6.07) is 11.6. The minimum Gasteiger partial charge on any atom is -0.352 e. The summed E-state index contributed by atoms with van der Waals surface area (Å²) >= 11 is 0. The van der Waals surface area contributed by atoms with Gasteiger partial charge in [-0.2, -0.15) is 0 Å². The first-order chi connectivity index (χ1) is 12.7. The molecule has 0 amide bonds. The zero-order valence-electron chi connectivity index (χ0n) is 15.4. The van der Waals surface area contributed by atoms with Crippen molar-refractivity contribution in [3.63, 3.8) is 0 Å². The second-order valence-electron chi connectivity index (χ2n) is 6.04. The molecule has 9 heteroatoms. The van der Waals surface area contributed by atoms with Gasteiger partial charge in [0.15, 0.2) is 15.8 Å². The number of guanidine groups is 1. The van der Waals surface area contributed by atoms with E-state index in [1.54, 1.807) is 50.4 Å². The first kappa shape index (κ1) is 20.4. The highest BCUT2D eigenvalue weighted by Gasteiger charge is 2.13. The van der Waals surface area contributed by atoms with E-state index in [9.17, 15) is 18.5 Å². The predicted octanol–water partition coefficient (Wildman–Crippen LogP) is 2.17. The van der Waals surface area contributed by atoms with Crippen LogP contribution in [0.25, 0.3) is 0 Å². The molecule has 0 bridgehead atoms. The molecule has 2 rings (SSSR count). The van der Waals surface area contributed by atoms with Crippen molar-refractivity contribution >= 4 is 21.5 Å². The number of sulfone groups is 1. The Balaban J connectivity index is 2.01. The molecule has 0 aliphatic rings. The standard InChI is InChI=1S/C18H22N4O4S/c1-13-10-14(8-9-17(13)27(3,25)26)11-20-18(19-2)21-12-15-6-4-5-7-16(15)22(23)24/h4-10H,11-12H2,1-3H3,(H2,19,20,21). The van der Waals surface area contributed by atoms with Gasteiger partial charge in [-0.1, -0.05) is 30.3 Å². The Kier molecular flexibility index (Phi) is 6.51. The van der Waals surface area contributed by atoms with Crippen LogP contribution < -0.4 is 10.6 Å². The van der Waals surface area contributed by atoms with E-state index in [1.165, 1.54) is 12.3 Å². The van der Waals surface area contributed by atoms with Crippen LogP contribution in [-0.4, -0.2) is 32.6 Å². The zero-order chi connectivity index (χ0) is 20.0. The monoisotopic (exact) mass is 390 g/mol. The van der Waals surface area contributed by atoms with Crippen molar-refractivity contribution in [1.29, 1.82) is 0 Å². The fourth-order valence-electron chi connectivity index (χ4n) is 2.66. The van der Waals surface area contributed by atoms with Crippen molar-refractivity contribution < 1.29 is 13.3 Å². The molecule has 0 saturated heterocycles. The second kappa shape index (κ2) is 8.63. The lowest BCUT2D eigenvalue weighted by Crippen LogP contribution is -2.36. The van der Waals surface area contributed by atoms with E-state index in [-0.39, 0.29) is 12.2 Å². The maximum absolute atomic E-state index is 11.7. The maximum Gasteiger partial charge on any atom is 0.274 e. The number of nitro benzene ring substituents is 1. The number of aryl methyl sites for hydroxylation is 1. The van der Waals surface area contributed by atoms with Crippen molar-refractivity contribution in [1.82, 2.24) is 10.6 Å². The molecule has 0 aromatic heterocycles. The summed E-state index contributed by atoms with van der Waals surface area (Å²) < 4.78 is 23.4. The Morgan fingerprint density at radius 3 is 2.41 bits per heavy atom. The molecule has 0 saturated carbocycles. The second-order valence-corrected chi connectivity index (χ2v) is 8.02. The fourth-order valence-corrected chi connectivity index (χ4v) is 3.62. The molecule has 2 aromatic rings. The number of nitrogens with zero attached hydrogens (tertiary/aromatic N) is 2. The molecular weight excluding hydrogens is 368 g/mol. The highest BCUT2D eigenvalue weighted by Crippen LogP contribution is 2.18. The predicted molar refractivity (Wildman–Crippen MR) is 104 cm³/mol. The number of nitrogens with one attached hydrogen (secondary N) is 2. The first-order valence-electron chi connectivity index (χ1n) is 8.18. The summed E-state index contributed by atoms with van der Waals surface area (Å²) in [6.07, 6.45) is 1.18. The van der Waals surface area contributed by atoms with Gasteiger partial charge in [0.05, 0.1) is 9.82 Å². The Morgan fingerprint density at radius 2 is 1.81 bits per heavy atom. The number of hydrogen-bond acceptors (Lipinski definition) is 5. The summed E-state index contributed by atoms with van der Waals surface area (Å²) in [6.45, 7) is 2.44. The van der Waals surface area contributed by atoms with Crippen LogP contribution in [0.3, 0.4) is 0 Å². The van der Waals surface area contributed by atoms with Crippen molar-refractivity contribution in [2.45, 2.75) is 24.9 Å². The molecule has 0 unspecified atom stereocenters. The topological polar surface area (TPSA) is 114 Å². The van der Waals surface area contributed by atoms with Gasteiger partial charge in [-0.05, 0) is 24.1 Å². The summed E-state index contributed by atoms with van der Waals surface area (Å²) in [4.78, 5) is 15.1. The third-order valence-corrected chi connectivity index (χ3v) is 5.21.